The Morgan fingerprint density at radius 1 is 0.880 bits per heavy atom. The number of hydrogen-bond donors (Lipinski definition) is 0. The molecule has 1 aliphatic rings. The number of rotatable bonds is 2. The predicted molar refractivity (Wildman–Crippen MR) is 93.6 cm³/mol. The van der Waals surface area contributed by atoms with Crippen molar-refractivity contribution in [3.8, 4) is 11.1 Å². The fraction of sp³-hybridized carbons (Fsp3) is 0.250. The van der Waals surface area contributed by atoms with Crippen LogP contribution in [0.4, 0.5) is 19.0 Å². The van der Waals surface area contributed by atoms with Gasteiger partial charge in [-0.3, -0.25) is 0 Å². The molecule has 128 valence electrons. The molecule has 1 saturated heterocycles. The smallest absolute Gasteiger partial charge is 0.356 e. The van der Waals surface area contributed by atoms with Crippen molar-refractivity contribution in [2.45, 2.75) is 19.0 Å². The number of anilines is 1. The molecule has 0 spiro atoms. The zero-order valence-electron chi connectivity index (χ0n) is 13.6. The number of para-hydroxylation sites is 1. The number of alkyl halides is 3. The predicted octanol–water partition coefficient (Wildman–Crippen LogP) is 5.52. The molecule has 2 aromatic carbocycles. The topological polar surface area (TPSA) is 16.1 Å². The van der Waals surface area contributed by atoms with E-state index in [0.29, 0.717) is 5.56 Å². The van der Waals surface area contributed by atoms with Gasteiger partial charge >= 0.3 is 6.18 Å². The second kappa shape index (κ2) is 6.06. The highest BCUT2D eigenvalue weighted by molar-refractivity contribution is 5.89. The van der Waals surface area contributed by atoms with Gasteiger partial charge in [-0.25, -0.2) is 4.98 Å². The van der Waals surface area contributed by atoms with Gasteiger partial charge < -0.3 is 4.90 Å². The summed E-state index contributed by atoms with van der Waals surface area (Å²) in [4.78, 5) is 6.94. The van der Waals surface area contributed by atoms with Crippen LogP contribution in [0.25, 0.3) is 22.0 Å². The minimum atomic E-state index is -4.35. The fourth-order valence-electron chi connectivity index (χ4n) is 3.35. The molecule has 0 radical (unpaired) electrons. The lowest BCUT2D eigenvalue weighted by Crippen LogP contribution is -2.20. The Balaban J connectivity index is 1.91. The Morgan fingerprint density at radius 3 is 2.40 bits per heavy atom. The summed E-state index contributed by atoms with van der Waals surface area (Å²) >= 11 is 0. The van der Waals surface area contributed by atoms with Crippen LogP contribution in [-0.4, -0.2) is 18.1 Å². The van der Waals surface area contributed by atoms with E-state index >= 15 is 0 Å². The van der Waals surface area contributed by atoms with Gasteiger partial charge in [-0.05, 0) is 42.7 Å². The van der Waals surface area contributed by atoms with Gasteiger partial charge in [-0.2, -0.15) is 13.2 Å². The van der Waals surface area contributed by atoms with Crippen molar-refractivity contribution in [3.05, 3.63) is 60.2 Å². The summed E-state index contributed by atoms with van der Waals surface area (Å²) in [6.07, 6.45) is -2.19. The summed E-state index contributed by atoms with van der Waals surface area (Å²) in [6.45, 7) is 1.77. The van der Waals surface area contributed by atoms with Crippen molar-refractivity contribution in [3.63, 3.8) is 0 Å². The first-order chi connectivity index (χ1) is 12.0. The third kappa shape index (κ3) is 3.06. The van der Waals surface area contributed by atoms with Crippen LogP contribution in [0.2, 0.25) is 0 Å². The Morgan fingerprint density at radius 2 is 1.64 bits per heavy atom. The fourth-order valence-corrected chi connectivity index (χ4v) is 3.35. The Labute approximate surface area is 143 Å². The first-order valence-corrected chi connectivity index (χ1v) is 8.35. The summed E-state index contributed by atoms with van der Waals surface area (Å²) in [7, 11) is 0. The molecule has 3 aromatic rings. The molecule has 0 aliphatic carbocycles. The molecule has 0 bridgehead atoms. The van der Waals surface area contributed by atoms with Crippen LogP contribution < -0.4 is 4.90 Å². The summed E-state index contributed by atoms with van der Waals surface area (Å²) in [5.74, 6) is 0.774. The summed E-state index contributed by atoms with van der Waals surface area (Å²) < 4.78 is 39.3. The monoisotopic (exact) mass is 342 g/mol. The Bertz CT molecular complexity index is 912. The van der Waals surface area contributed by atoms with E-state index in [1.807, 2.05) is 30.3 Å². The third-order valence-corrected chi connectivity index (χ3v) is 4.61. The molecule has 1 fully saturated rings. The minimum absolute atomic E-state index is 0.551. The molecule has 0 saturated carbocycles. The van der Waals surface area contributed by atoms with Crippen LogP contribution in [0.1, 0.15) is 18.4 Å². The molecular weight excluding hydrogens is 325 g/mol. The SMILES string of the molecule is FC(F)(F)c1cccc(-c2cc3ccccc3nc2N2CCCC2)c1. The van der Waals surface area contributed by atoms with Gasteiger partial charge in [-0.15, -0.1) is 0 Å². The van der Waals surface area contributed by atoms with Gasteiger partial charge in [0.25, 0.3) is 0 Å². The first kappa shape index (κ1) is 15.9. The molecule has 2 heterocycles. The quantitative estimate of drug-likeness (QED) is 0.609. The standard InChI is InChI=1S/C20H17F3N2/c21-20(22,23)16-8-5-7-14(12-16)17-13-15-6-1-2-9-18(15)24-19(17)25-10-3-4-11-25/h1-2,5-9,12-13H,3-4,10-11H2. The van der Waals surface area contributed by atoms with E-state index in [2.05, 4.69) is 4.90 Å². The second-order valence-electron chi connectivity index (χ2n) is 6.32. The van der Waals surface area contributed by atoms with E-state index in [-0.39, 0.29) is 0 Å². The molecule has 5 heteroatoms. The first-order valence-electron chi connectivity index (χ1n) is 8.35. The van der Waals surface area contributed by atoms with E-state index in [1.165, 1.54) is 12.1 Å². The third-order valence-electron chi connectivity index (χ3n) is 4.61. The number of fused-ring (bicyclic) bond motifs is 1. The van der Waals surface area contributed by atoms with Crippen molar-refractivity contribution in [1.82, 2.24) is 4.98 Å². The van der Waals surface area contributed by atoms with Gasteiger partial charge in [0.1, 0.15) is 5.82 Å². The zero-order valence-corrected chi connectivity index (χ0v) is 13.6. The zero-order chi connectivity index (χ0) is 17.4. The van der Waals surface area contributed by atoms with E-state index in [4.69, 9.17) is 4.98 Å². The van der Waals surface area contributed by atoms with Crippen LogP contribution >= 0.6 is 0 Å². The highest BCUT2D eigenvalue weighted by atomic mass is 19.4. The maximum absolute atomic E-state index is 13.1. The normalized spacial score (nSPS) is 15.1. The Hall–Kier alpha value is -2.56. The van der Waals surface area contributed by atoms with E-state index < -0.39 is 11.7 Å². The lowest BCUT2D eigenvalue weighted by Gasteiger charge is -2.21. The van der Waals surface area contributed by atoms with Crippen molar-refractivity contribution >= 4 is 16.7 Å². The lowest BCUT2D eigenvalue weighted by atomic mass is 10.0. The molecular formula is C20H17F3N2. The van der Waals surface area contributed by atoms with Crippen molar-refractivity contribution < 1.29 is 13.2 Å². The summed E-state index contributed by atoms with van der Waals surface area (Å²) in [5.41, 5.74) is 1.53. The van der Waals surface area contributed by atoms with E-state index in [0.717, 1.165) is 54.3 Å². The summed E-state index contributed by atoms with van der Waals surface area (Å²) in [6, 6.07) is 15.2. The molecule has 0 amide bonds. The average Bonchev–Trinajstić information content (AvgIpc) is 3.14. The lowest BCUT2D eigenvalue weighted by molar-refractivity contribution is -0.137. The number of hydrogen-bond acceptors (Lipinski definition) is 2. The van der Waals surface area contributed by atoms with Gasteiger partial charge in [-0.1, -0.05) is 30.3 Å². The number of benzene rings is 2. The molecule has 0 atom stereocenters. The molecule has 4 rings (SSSR count). The second-order valence-corrected chi connectivity index (χ2v) is 6.32. The summed E-state index contributed by atoms with van der Waals surface area (Å²) in [5, 5.41) is 0.929. The van der Waals surface area contributed by atoms with Crippen molar-refractivity contribution in [1.29, 1.82) is 0 Å². The highest BCUT2D eigenvalue weighted by Crippen LogP contribution is 2.37. The van der Waals surface area contributed by atoms with Gasteiger partial charge in [0.2, 0.25) is 0 Å². The minimum Gasteiger partial charge on any atom is -0.356 e. The molecule has 1 aliphatic heterocycles. The van der Waals surface area contributed by atoms with Crippen molar-refractivity contribution in [2.75, 3.05) is 18.0 Å². The number of pyridine rings is 1. The highest BCUT2D eigenvalue weighted by Gasteiger charge is 2.31. The van der Waals surface area contributed by atoms with E-state index in [1.54, 1.807) is 6.07 Å². The maximum Gasteiger partial charge on any atom is 0.416 e. The molecule has 2 nitrogen and oxygen atoms in total. The number of nitrogens with zero attached hydrogens (tertiary/aromatic N) is 2. The number of halogens is 3. The molecule has 0 unspecified atom stereocenters. The van der Waals surface area contributed by atoms with Gasteiger partial charge in [0.05, 0.1) is 11.1 Å². The molecule has 1 aromatic heterocycles. The maximum atomic E-state index is 13.1. The van der Waals surface area contributed by atoms with Crippen LogP contribution in [0.5, 0.6) is 0 Å². The van der Waals surface area contributed by atoms with Gasteiger partial charge in [0.15, 0.2) is 0 Å². The van der Waals surface area contributed by atoms with Crippen LogP contribution in [0.3, 0.4) is 0 Å². The average molecular weight is 342 g/mol. The Kier molecular flexibility index (Phi) is 3.86. The van der Waals surface area contributed by atoms with Crippen molar-refractivity contribution in [2.24, 2.45) is 0 Å². The van der Waals surface area contributed by atoms with Crippen LogP contribution in [0, 0.1) is 0 Å². The largest absolute Gasteiger partial charge is 0.416 e. The van der Waals surface area contributed by atoms with E-state index in [9.17, 15) is 13.2 Å². The molecule has 0 N–H and O–H groups in total. The number of aromatic nitrogens is 1. The van der Waals surface area contributed by atoms with Gasteiger partial charge in [0, 0.05) is 24.0 Å². The van der Waals surface area contributed by atoms with Crippen LogP contribution in [0.15, 0.2) is 54.6 Å². The molecule has 25 heavy (non-hydrogen) atoms. The van der Waals surface area contributed by atoms with Crippen LogP contribution in [-0.2, 0) is 6.18 Å².